The van der Waals surface area contributed by atoms with Gasteiger partial charge in [0, 0.05) is 5.75 Å². The SMILES string of the molecule is O=C(O)CCSCc1nnnn1-c1ccc(O)cc1. The minimum Gasteiger partial charge on any atom is -0.508 e. The maximum atomic E-state index is 10.4. The molecule has 0 fully saturated rings. The van der Waals surface area contributed by atoms with Gasteiger partial charge in [-0.1, -0.05) is 0 Å². The fourth-order valence-electron chi connectivity index (χ4n) is 1.41. The lowest BCUT2D eigenvalue weighted by atomic mass is 10.3. The number of hydrogen-bond acceptors (Lipinski definition) is 6. The number of tetrazole rings is 1. The molecule has 1 heterocycles. The summed E-state index contributed by atoms with van der Waals surface area (Å²) in [5.74, 6) is 1.04. The van der Waals surface area contributed by atoms with Crippen molar-refractivity contribution in [3.05, 3.63) is 30.1 Å². The number of carboxylic acids is 1. The Hall–Kier alpha value is -2.09. The van der Waals surface area contributed by atoms with Crippen LogP contribution in [-0.2, 0) is 10.5 Å². The zero-order valence-electron chi connectivity index (χ0n) is 9.93. The largest absolute Gasteiger partial charge is 0.508 e. The number of phenolic OH excluding ortho intramolecular Hbond substituents is 1. The van der Waals surface area contributed by atoms with Crippen LogP contribution >= 0.6 is 11.8 Å². The Kier molecular flexibility index (Phi) is 4.35. The third kappa shape index (κ3) is 3.68. The molecule has 1 aromatic heterocycles. The van der Waals surface area contributed by atoms with Crippen molar-refractivity contribution in [2.45, 2.75) is 12.2 Å². The Morgan fingerprint density at radius 1 is 1.32 bits per heavy atom. The van der Waals surface area contributed by atoms with Gasteiger partial charge in [-0.15, -0.1) is 5.10 Å². The normalized spacial score (nSPS) is 10.5. The smallest absolute Gasteiger partial charge is 0.304 e. The molecule has 0 unspecified atom stereocenters. The van der Waals surface area contributed by atoms with Crippen molar-refractivity contribution in [2.75, 3.05) is 5.75 Å². The molecule has 0 saturated heterocycles. The fraction of sp³-hybridized carbons (Fsp3) is 0.273. The van der Waals surface area contributed by atoms with Crippen LogP contribution in [0.1, 0.15) is 12.2 Å². The fourth-order valence-corrected chi connectivity index (χ4v) is 2.24. The molecule has 0 aliphatic carbocycles. The number of benzene rings is 1. The van der Waals surface area contributed by atoms with E-state index in [9.17, 15) is 9.90 Å². The second-order valence-electron chi connectivity index (χ2n) is 3.72. The number of carboxylic acid groups (broad SMARTS) is 1. The molecule has 2 rings (SSSR count). The van der Waals surface area contributed by atoms with E-state index in [-0.39, 0.29) is 12.2 Å². The van der Waals surface area contributed by atoms with E-state index in [2.05, 4.69) is 15.5 Å². The average molecular weight is 280 g/mol. The Labute approximate surface area is 113 Å². The molecule has 0 amide bonds. The van der Waals surface area contributed by atoms with Gasteiger partial charge in [-0.3, -0.25) is 4.79 Å². The van der Waals surface area contributed by atoms with Crippen LogP contribution in [0, 0.1) is 0 Å². The van der Waals surface area contributed by atoms with Gasteiger partial charge in [0.15, 0.2) is 5.82 Å². The van der Waals surface area contributed by atoms with Crippen LogP contribution in [0.4, 0.5) is 0 Å². The quantitative estimate of drug-likeness (QED) is 0.763. The maximum Gasteiger partial charge on any atom is 0.304 e. The molecule has 1 aromatic carbocycles. The summed E-state index contributed by atoms with van der Waals surface area (Å²) in [4.78, 5) is 10.4. The first-order valence-corrected chi connectivity index (χ1v) is 6.68. The summed E-state index contributed by atoms with van der Waals surface area (Å²) < 4.78 is 1.56. The third-order valence-electron chi connectivity index (χ3n) is 2.32. The van der Waals surface area contributed by atoms with E-state index >= 15 is 0 Å². The molecule has 0 saturated carbocycles. The first-order chi connectivity index (χ1) is 9.16. The zero-order chi connectivity index (χ0) is 13.7. The first kappa shape index (κ1) is 13.3. The summed E-state index contributed by atoms with van der Waals surface area (Å²) in [6, 6.07) is 6.52. The number of phenols is 1. The van der Waals surface area contributed by atoms with Gasteiger partial charge in [0.1, 0.15) is 5.75 Å². The van der Waals surface area contributed by atoms with Crippen LogP contribution in [0.5, 0.6) is 5.75 Å². The van der Waals surface area contributed by atoms with Gasteiger partial charge in [0.2, 0.25) is 0 Å². The summed E-state index contributed by atoms with van der Waals surface area (Å²) in [6.07, 6.45) is 0.117. The van der Waals surface area contributed by atoms with Crippen LogP contribution in [0.3, 0.4) is 0 Å². The Morgan fingerprint density at radius 2 is 2.05 bits per heavy atom. The minimum atomic E-state index is -0.814. The molecule has 2 N–H and O–H groups in total. The van der Waals surface area contributed by atoms with E-state index in [1.807, 2.05) is 0 Å². The van der Waals surface area contributed by atoms with Crippen molar-refractivity contribution < 1.29 is 15.0 Å². The van der Waals surface area contributed by atoms with E-state index in [1.54, 1.807) is 28.9 Å². The lowest BCUT2D eigenvalue weighted by Gasteiger charge is -2.04. The predicted octanol–water partition coefficient (Wildman–Crippen LogP) is 1.08. The number of aliphatic carboxylic acids is 1. The summed E-state index contributed by atoms with van der Waals surface area (Å²) in [5.41, 5.74) is 0.747. The van der Waals surface area contributed by atoms with Gasteiger partial charge >= 0.3 is 5.97 Å². The summed E-state index contributed by atoms with van der Waals surface area (Å²) >= 11 is 1.46. The van der Waals surface area contributed by atoms with Crippen LogP contribution in [-0.4, -0.2) is 42.1 Å². The summed E-state index contributed by atoms with van der Waals surface area (Å²) in [7, 11) is 0. The molecular weight excluding hydrogens is 268 g/mol. The molecule has 0 aliphatic rings. The van der Waals surface area contributed by atoms with Gasteiger partial charge < -0.3 is 10.2 Å². The second kappa shape index (κ2) is 6.19. The highest BCUT2D eigenvalue weighted by atomic mass is 32.2. The molecule has 0 bridgehead atoms. The highest BCUT2D eigenvalue weighted by Crippen LogP contribution is 2.16. The molecule has 0 aliphatic heterocycles. The van der Waals surface area contributed by atoms with Crippen LogP contribution in [0.25, 0.3) is 5.69 Å². The Bertz CT molecular complexity index is 555. The molecule has 2 aromatic rings. The lowest BCUT2D eigenvalue weighted by Crippen LogP contribution is -2.03. The highest BCUT2D eigenvalue weighted by Gasteiger charge is 2.08. The highest BCUT2D eigenvalue weighted by molar-refractivity contribution is 7.98. The van der Waals surface area contributed by atoms with Crippen LogP contribution in [0.15, 0.2) is 24.3 Å². The van der Waals surface area contributed by atoms with Crippen molar-refractivity contribution in [3.63, 3.8) is 0 Å². The summed E-state index contributed by atoms with van der Waals surface area (Å²) in [6.45, 7) is 0. The van der Waals surface area contributed by atoms with Crippen molar-refractivity contribution in [1.29, 1.82) is 0 Å². The number of thioether (sulfide) groups is 1. The van der Waals surface area contributed by atoms with E-state index < -0.39 is 5.97 Å². The number of hydrogen-bond donors (Lipinski definition) is 2. The van der Waals surface area contributed by atoms with Crippen molar-refractivity contribution in [3.8, 4) is 11.4 Å². The van der Waals surface area contributed by atoms with Gasteiger partial charge in [0.05, 0.1) is 17.9 Å². The summed E-state index contributed by atoms with van der Waals surface area (Å²) in [5, 5.41) is 29.2. The Morgan fingerprint density at radius 3 is 2.74 bits per heavy atom. The van der Waals surface area contributed by atoms with Gasteiger partial charge in [-0.05, 0) is 34.7 Å². The molecule has 0 spiro atoms. The number of rotatable bonds is 6. The van der Waals surface area contributed by atoms with Crippen LogP contribution in [0.2, 0.25) is 0 Å². The van der Waals surface area contributed by atoms with Gasteiger partial charge in [-0.25, -0.2) is 0 Å². The van der Waals surface area contributed by atoms with Gasteiger partial charge in [0.25, 0.3) is 0 Å². The standard InChI is InChI=1S/C11H12N4O3S/c16-9-3-1-8(2-4-9)15-10(12-13-14-15)7-19-6-5-11(17)18/h1-4,16H,5-7H2,(H,17,18). The topological polar surface area (TPSA) is 101 Å². The molecular formula is C11H12N4O3S. The molecule has 7 nitrogen and oxygen atoms in total. The van der Waals surface area contributed by atoms with Crippen molar-refractivity contribution in [2.24, 2.45) is 0 Å². The number of nitrogens with zero attached hydrogens (tertiary/aromatic N) is 4. The molecule has 8 heteroatoms. The second-order valence-corrected chi connectivity index (χ2v) is 4.82. The van der Waals surface area contributed by atoms with Crippen molar-refractivity contribution >= 4 is 17.7 Å². The van der Waals surface area contributed by atoms with Crippen molar-refractivity contribution in [1.82, 2.24) is 20.2 Å². The maximum absolute atomic E-state index is 10.4. The lowest BCUT2D eigenvalue weighted by molar-refractivity contribution is -0.136. The molecule has 0 radical (unpaired) electrons. The van der Waals surface area contributed by atoms with E-state index in [0.717, 1.165) is 5.69 Å². The third-order valence-corrected chi connectivity index (χ3v) is 3.27. The number of aromatic nitrogens is 4. The van der Waals surface area contributed by atoms with E-state index in [1.165, 1.54) is 11.8 Å². The first-order valence-electron chi connectivity index (χ1n) is 5.53. The monoisotopic (exact) mass is 280 g/mol. The minimum absolute atomic E-state index is 0.117. The average Bonchev–Trinajstić information content (AvgIpc) is 2.84. The molecule has 100 valence electrons. The van der Waals surface area contributed by atoms with Gasteiger partial charge in [-0.2, -0.15) is 16.4 Å². The predicted molar refractivity (Wildman–Crippen MR) is 69.2 cm³/mol. The Balaban J connectivity index is 2.01. The number of carbonyl (C=O) groups is 1. The van der Waals surface area contributed by atoms with E-state index in [4.69, 9.17) is 5.11 Å². The molecule has 19 heavy (non-hydrogen) atoms. The van der Waals surface area contributed by atoms with E-state index in [0.29, 0.717) is 17.3 Å². The number of aromatic hydroxyl groups is 1. The van der Waals surface area contributed by atoms with Crippen LogP contribution < -0.4 is 0 Å². The zero-order valence-corrected chi connectivity index (χ0v) is 10.7. The molecule has 0 atom stereocenters.